The van der Waals surface area contributed by atoms with E-state index in [1.54, 1.807) is 12.1 Å². The van der Waals surface area contributed by atoms with E-state index in [0.29, 0.717) is 16.0 Å². The summed E-state index contributed by atoms with van der Waals surface area (Å²) in [6.45, 7) is 3.83. The highest BCUT2D eigenvalue weighted by Crippen LogP contribution is 2.35. The third-order valence-electron chi connectivity index (χ3n) is 4.09. The summed E-state index contributed by atoms with van der Waals surface area (Å²) in [5, 5.41) is 23.8. The van der Waals surface area contributed by atoms with Gasteiger partial charge in [0.15, 0.2) is 5.16 Å². The molecule has 1 aromatic carbocycles. The zero-order valence-corrected chi connectivity index (χ0v) is 14.0. The Morgan fingerprint density at radius 2 is 2.09 bits per heavy atom. The first-order valence-corrected chi connectivity index (χ1v) is 8.41. The molecule has 1 saturated heterocycles. The first-order chi connectivity index (χ1) is 11.1. The largest absolute Gasteiger partial charge is 0.317 e. The molecule has 1 N–H and O–H groups in total. The first-order valence-electron chi connectivity index (χ1n) is 7.59. The van der Waals surface area contributed by atoms with Gasteiger partial charge in [0.25, 0.3) is 5.69 Å². The van der Waals surface area contributed by atoms with Crippen molar-refractivity contribution in [2.24, 2.45) is 7.05 Å². The van der Waals surface area contributed by atoms with Gasteiger partial charge in [-0.1, -0.05) is 6.07 Å². The number of benzene rings is 1. The van der Waals surface area contributed by atoms with Gasteiger partial charge in [-0.2, -0.15) is 0 Å². The molecule has 3 rings (SSSR count). The molecule has 1 aromatic heterocycles. The molecule has 0 atom stereocenters. The van der Waals surface area contributed by atoms with E-state index in [-0.39, 0.29) is 10.6 Å². The fourth-order valence-electron chi connectivity index (χ4n) is 2.81. The number of aryl methyl sites for hydroxylation is 1. The van der Waals surface area contributed by atoms with Gasteiger partial charge in [0.2, 0.25) is 0 Å². The Morgan fingerprint density at radius 3 is 2.78 bits per heavy atom. The smallest absolute Gasteiger partial charge is 0.283 e. The fraction of sp³-hybridized carbons (Fsp3) is 0.467. The van der Waals surface area contributed by atoms with Gasteiger partial charge >= 0.3 is 0 Å². The summed E-state index contributed by atoms with van der Waals surface area (Å²) in [5.41, 5.74) is 0.982. The van der Waals surface area contributed by atoms with Crippen LogP contribution < -0.4 is 5.32 Å². The number of rotatable bonds is 4. The van der Waals surface area contributed by atoms with Crippen LogP contribution in [0.3, 0.4) is 0 Å². The van der Waals surface area contributed by atoms with Crippen LogP contribution in [0.5, 0.6) is 0 Å². The Hall–Kier alpha value is -1.93. The maximum Gasteiger partial charge on any atom is 0.283 e. The van der Waals surface area contributed by atoms with Gasteiger partial charge in [-0.3, -0.25) is 10.1 Å². The van der Waals surface area contributed by atoms with E-state index in [2.05, 4.69) is 15.5 Å². The summed E-state index contributed by atoms with van der Waals surface area (Å²) < 4.78 is 1.96. The van der Waals surface area contributed by atoms with Crippen molar-refractivity contribution in [1.82, 2.24) is 20.1 Å². The van der Waals surface area contributed by atoms with Gasteiger partial charge in [-0.15, -0.1) is 10.2 Å². The molecule has 7 nitrogen and oxygen atoms in total. The van der Waals surface area contributed by atoms with E-state index in [1.807, 2.05) is 24.6 Å². The Bertz CT molecular complexity index is 725. The summed E-state index contributed by atoms with van der Waals surface area (Å²) in [7, 11) is 1.93. The van der Waals surface area contributed by atoms with Gasteiger partial charge in [-0.25, -0.2) is 0 Å². The summed E-state index contributed by atoms with van der Waals surface area (Å²) in [4.78, 5) is 11.5. The van der Waals surface area contributed by atoms with Crippen LogP contribution in [0, 0.1) is 17.0 Å². The molecule has 0 unspecified atom stereocenters. The summed E-state index contributed by atoms with van der Waals surface area (Å²) in [6, 6.07) is 5.24. The van der Waals surface area contributed by atoms with Crippen molar-refractivity contribution < 1.29 is 4.92 Å². The normalized spacial score (nSPS) is 15.7. The molecular weight excluding hydrogens is 314 g/mol. The SMILES string of the molecule is Cc1ccc(Sc2nnc(C3CCNCC3)n2C)c([N+](=O)[O-])c1. The minimum absolute atomic E-state index is 0.112. The topological polar surface area (TPSA) is 85.9 Å². The van der Waals surface area contributed by atoms with Gasteiger partial charge in [0.05, 0.1) is 9.82 Å². The maximum absolute atomic E-state index is 11.2. The Balaban J connectivity index is 1.87. The fourth-order valence-corrected chi connectivity index (χ4v) is 3.69. The molecule has 1 aliphatic rings. The molecule has 0 aliphatic carbocycles. The van der Waals surface area contributed by atoms with Gasteiger partial charge in [0, 0.05) is 19.0 Å². The van der Waals surface area contributed by atoms with Crippen LogP contribution in [0.15, 0.2) is 28.3 Å². The van der Waals surface area contributed by atoms with E-state index in [0.717, 1.165) is 37.3 Å². The van der Waals surface area contributed by atoms with Crippen LogP contribution in [0.25, 0.3) is 0 Å². The highest BCUT2D eigenvalue weighted by molar-refractivity contribution is 7.99. The molecule has 2 heterocycles. The van der Waals surface area contributed by atoms with E-state index in [1.165, 1.54) is 11.8 Å². The van der Waals surface area contributed by atoms with Crippen molar-refractivity contribution >= 4 is 17.4 Å². The summed E-state index contributed by atoms with van der Waals surface area (Å²) in [6.07, 6.45) is 2.09. The van der Waals surface area contributed by atoms with Crippen LogP contribution in [-0.2, 0) is 7.05 Å². The maximum atomic E-state index is 11.2. The average molecular weight is 333 g/mol. The van der Waals surface area contributed by atoms with Crippen LogP contribution in [-0.4, -0.2) is 32.8 Å². The van der Waals surface area contributed by atoms with E-state index >= 15 is 0 Å². The number of nitrogens with one attached hydrogen (secondary N) is 1. The van der Waals surface area contributed by atoms with E-state index < -0.39 is 0 Å². The molecule has 0 radical (unpaired) electrons. The average Bonchev–Trinajstić information content (AvgIpc) is 2.91. The lowest BCUT2D eigenvalue weighted by atomic mass is 9.97. The van der Waals surface area contributed by atoms with Crippen molar-refractivity contribution in [2.75, 3.05) is 13.1 Å². The lowest BCUT2D eigenvalue weighted by Gasteiger charge is -2.21. The second-order valence-electron chi connectivity index (χ2n) is 5.75. The second-order valence-corrected chi connectivity index (χ2v) is 6.76. The number of piperidine rings is 1. The monoisotopic (exact) mass is 333 g/mol. The number of nitrogens with zero attached hydrogens (tertiary/aromatic N) is 4. The van der Waals surface area contributed by atoms with Crippen molar-refractivity contribution in [3.63, 3.8) is 0 Å². The molecule has 23 heavy (non-hydrogen) atoms. The number of nitro benzene ring substituents is 1. The summed E-state index contributed by atoms with van der Waals surface area (Å²) in [5.74, 6) is 1.36. The minimum atomic E-state index is -0.348. The van der Waals surface area contributed by atoms with Crippen molar-refractivity contribution in [2.45, 2.75) is 35.7 Å². The molecule has 0 bridgehead atoms. The molecule has 0 amide bonds. The molecule has 1 fully saturated rings. The molecule has 2 aromatic rings. The molecular formula is C15H19N5O2S. The Morgan fingerprint density at radius 1 is 1.35 bits per heavy atom. The van der Waals surface area contributed by atoms with Gasteiger partial charge in [-0.05, 0) is 56.2 Å². The standard InChI is InChI=1S/C15H19N5O2S/c1-10-3-4-13(12(9-10)20(21)22)23-15-18-17-14(19(15)2)11-5-7-16-8-6-11/h3-4,9,11,16H,5-8H2,1-2H3. The predicted molar refractivity (Wildman–Crippen MR) is 87.8 cm³/mol. The lowest BCUT2D eigenvalue weighted by Crippen LogP contribution is -2.27. The number of aromatic nitrogens is 3. The first kappa shape index (κ1) is 15.9. The van der Waals surface area contributed by atoms with E-state index in [4.69, 9.17) is 0 Å². The Kier molecular flexibility index (Phi) is 4.63. The van der Waals surface area contributed by atoms with Crippen LogP contribution in [0.4, 0.5) is 5.69 Å². The van der Waals surface area contributed by atoms with Crippen LogP contribution >= 0.6 is 11.8 Å². The zero-order chi connectivity index (χ0) is 16.4. The minimum Gasteiger partial charge on any atom is -0.317 e. The third-order valence-corrected chi connectivity index (χ3v) is 5.19. The zero-order valence-electron chi connectivity index (χ0n) is 13.2. The quantitative estimate of drug-likeness (QED) is 0.684. The van der Waals surface area contributed by atoms with Crippen LogP contribution in [0.2, 0.25) is 0 Å². The molecule has 0 saturated carbocycles. The molecule has 1 aliphatic heterocycles. The summed E-state index contributed by atoms with van der Waals surface area (Å²) >= 11 is 1.29. The van der Waals surface area contributed by atoms with Crippen molar-refractivity contribution in [3.05, 3.63) is 39.7 Å². The van der Waals surface area contributed by atoms with E-state index in [9.17, 15) is 10.1 Å². The highest BCUT2D eigenvalue weighted by Gasteiger charge is 2.23. The Labute approximate surface area is 138 Å². The van der Waals surface area contributed by atoms with Crippen LogP contribution in [0.1, 0.15) is 30.1 Å². The van der Waals surface area contributed by atoms with Gasteiger partial charge < -0.3 is 9.88 Å². The lowest BCUT2D eigenvalue weighted by molar-refractivity contribution is -0.387. The van der Waals surface area contributed by atoms with Crippen molar-refractivity contribution in [1.29, 1.82) is 0 Å². The highest BCUT2D eigenvalue weighted by atomic mass is 32.2. The number of hydrogen-bond donors (Lipinski definition) is 1. The second kappa shape index (κ2) is 6.67. The molecule has 122 valence electrons. The number of nitro groups is 1. The third kappa shape index (κ3) is 3.37. The van der Waals surface area contributed by atoms with Crippen molar-refractivity contribution in [3.8, 4) is 0 Å². The molecule has 8 heteroatoms. The predicted octanol–water partition coefficient (Wildman–Crippen LogP) is 2.65. The van der Waals surface area contributed by atoms with Gasteiger partial charge in [0.1, 0.15) is 5.82 Å². The molecule has 0 spiro atoms. The number of hydrogen-bond acceptors (Lipinski definition) is 6.